The Bertz CT molecular complexity index is 1200. The molecule has 0 fully saturated rings. The SMILES string of the molecule is CNS(=O)(=O)c1cc(C(=O)NCCCNc2ccnc3cc(Cl)ccc23)ccc1OC. The van der Waals surface area contributed by atoms with E-state index in [9.17, 15) is 13.2 Å². The number of carbonyl (C=O) groups is 1. The van der Waals surface area contributed by atoms with Gasteiger partial charge in [0.1, 0.15) is 10.6 Å². The van der Waals surface area contributed by atoms with Crippen molar-refractivity contribution in [3.63, 3.8) is 0 Å². The lowest BCUT2D eigenvalue weighted by Gasteiger charge is -2.12. The van der Waals surface area contributed by atoms with Crippen molar-refractivity contribution in [2.75, 3.05) is 32.6 Å². The summed E-state index contributed by atoms with van der Waals surface area (Å²) in [4.78, 5) is 16.7. The van der Waals surface area contributed by atoms with Crippen molar-refractivity contribution in [1.82, 2.24) is 15.0 Å². The Hall–Kier alpha value is -2.88. The summed E-state index contributed by atoms with van der Waals surface area (Å²) in [7, 11) is -1.08. The van der Waals surface area contributed by atoms with Crippen LogP contribution in [0.3, 0.4) is 0 Å². The first-order valence-corrected chi connectivity index (χ1v) is 11.4. The number of fused-ring (bicyclic) bond motifs is 1. The van der Waals surface area contributed by atoms with Crippen molar-refractivity contribution in [1.29, 1.82) is 0 Å². The molecule has 0 spiro atoms. The van der Waals surface area contributed by atoms with Crippen LogP contribution in [0.5, 0.6) is 5.75 Å². The molecule has 3 N–H and O–H groups in total. The Morgan fingerprint density at radius 2 is 1.94 bits per heavy atom. The zero-order valence-corrected chi connectivity index (χ0v) is 18.7. The number of nitrogens with one attached hydrogen (secondary N) is 3. The van der Waals surface area contributed by atoms with Crippen molar-refractivity contribution in [2.45, 2.75) is 11.3 Å². The van der Waals surface area contributed by atoms with Crippen LogP contribution < -0.4 is 20.1 Å². The third-order valence-electron chi connectivity index (χ3n) is 4.64. The quantitative estimate of drug-likeness (QED) is 0.422. The zero-order valence-electron chi connectivity index (χ0n) is 17.1. The predicted octanol–water partition coefficient (Wildman–Crippen LogP) is 3.04. The van der Waals surface area contributed by atoms with Crippen molar-refractivity contribution in [3.8, 4) is 5.75 Å². The Morgan fingerprint density at radius 3 is 2.68 bits per heavy atom. The number of nitrogens with zero attached hydrogens (tertiary/aromatic N) is 1. The first-order chi connectivity index (χ1) is 14.9. The number of benzene rings is 2. The van der Waals surface area contributed by atoms with E-state index in [1.165, 1.54) is 32.4 Å². The second-order valence-electron chi connectivity index (χ2n) is 6.63. The van der Waals surface area contributed by atoms with E-state index >= 15 is 0 Å². The molecule has 8 nitrogen and oxygen atoms in total. The van der Waals surface area contributed by atoms with Crippen LogP contribution in [-0.4, -0.2) is 46.6 Å². The lowest BCUT2D eigenvalue weighted by Crippen LogP contribution is -2.26. The molecule has 0 unspecified atom stereocenters. The molecule has 0 radical (unpaired) electrons. The molecule has 0 aliphatic heterocycles. The number of aromatic nitrogens is 1. The van der Waals surface area contributed by atoms with Crippen LogP contribution in [0.2, 0.25) is 5.02 Å². The molecule has 0 bridgehead atoms. The summed E-state index contributed by atoms with van der Waals surface area (Å²) in [5, 5.41) is 7.73. The second-order valence-corrected chi connectivity index (χ2v) is 8.92. The molecule has 0 aliphatic carbocycles. The highest BCUT2D eigenvalue weighted by atomic mass is 35.5. The summed E-state index contributed by atoms with van der Waals surface area (Å²) in [6.45, 7) is 1.05. The van der Waals surface area contributed by atoms with E-state index in [0.29, 0.717) is 24.5 Å². The maximum Gasteiger partial charge on any atom is 0.251 e. The number of pyridine rings is 1. The Labute approximate surface area is 186 Å². The Morgan fingerprint density at radius 1 is 1.13 bits per heavy atom. The summed E-state index contributed by atoms with van der Waals surface area (Å²) in [5.41, 5.74) is 1.97. The van der Waals surface area contributed by atoms with E-state index < -0.39 is 10.0 Å². The minimum Gasteiger partial charge on any atom is -0.495 e. The van der Waals surface area contributed by atoms with Crippen LogP contribution >= 0.6 is 11.6 Å². The largest absolute Gasteiger partial charge is 0.495 e. The third kappa shape index (κ3) is 5.43. The fraction of sp³-hybridized carbons (Fsp3) is 0.238. The third-order valence-corrected chi connectivity index (χ3v) is 6.31. The number of rotatable bonds is 9. The van der Waals surface area contributed by atoms with Gasteiger partial charge in [0, 0.05) is 40.9 Å². The molecule has 0 saturated carbocycles. The van der Waals surface area contributed by atoms with E-state index in [1.54, 1.807) is 12.3 Å². The lowest BCUT2D eigenvalue weighted by atomic mass is 10.2. The molecule has 3 aromatic rings. The van der Waals surface area contributed by atoms with E-state index in [-0.39, 0.29) is 22.1 Å². The summed E-state index contributed by atoms with van der Waals surface area (Å²) in [5.74, 6) is -0.194. The highest BCUT2D eigenvalue weighted by Gasteiger charge is 2.20. The minimum atomic E-state index is -3.76. The molecule has 0 aliphatic rings. The highest BCUT2D eigenvalue weighted by molar-refractivity contribution is 7.89. The van der Waals surface area contributed by atoms with Gasteiger partial charge in [-0.05, 0) is 55.9 Å². The Balaban J connectivity index is 1.57. The number of hydrogen-bond acceptors (Lipinski definition) is 6. The number of sulfonamides is 1. The van der Waals surface area contributed by atoms with Crippen molar-refractivity contribution in [3.05, 3.63) is 59.2 Å². The van der Waals surface area contributed by atoms with Crippen LogP contribution in [0.15, 0.2) is 53.6 Å². The number of halogens is 1. The molecule has 0 atom stereocenters. The minimum absolute atomic E-state index is 0.0866. The fourth-order valence-corrected chi connectivity index (χ4v) is 4.11. The lowest BCUT2D eigenvalue weighted by molar-refractivity contribution is 0.0953. The summed E-state index contributed by atoms with van der Waals surface area (Å²) in [6, 6.07) is 11.7. The number of anilines is 1. The number of ether oxygens (including phenoxy) is 1. The van der Waals surface area contributed by atoms with E-state index in [0.717, 1.165) is 16.6 Å². The van der Waals surface area contributed by atoms with Crippen LogP contribution in [-0.2, 0) is 10.0 Å². The van der Waals surface area contributed by atoms with Gasteiger partial charge in [-0.1, -0.05) is 11.6 Å². The number of hydrogen-bond donors (Lipinski definition) is 3. The predicted molar refractivity (Wildman–Crippen MR) is 121 cm³/mol. The summed E-state index contributed by atoms with van der Waals surface area (Å²) in [6.07, 6.45) is 2.38. The summed E-state index contributed by atoms with van der Waals surface area (Å²) < 4.78 is 31.6. The summed E-state index contributed by atoms with van der Waals surface area (Å²) >= 11 is 6.01. The monoisotopic (exact) mass is 462 g/mol. The topological polar surface area (TPSA) is 109 Å². The molecule has 1 amide bonds. The normalized spacial score (nSPS) is 11.3. The first-order valence-electron chi connectivity index (χ1n) is 9.53. The zero-order chi connectivity index (χ0) is 22.4. The van der Waals surface area contributed by atoms with Crippen LogP contribution in [0.4, 0.5) is 5.69 Å². The molecule has 3 rings (SSSR count). The van der Waals surface area contributed by atoms with Crippen molar-refractivity contribution in [2.24, 2.45) is 0 Å². The van der Waals surface area contributed by atoms with Gasteiger partial charge in [0.15, 0.2) is 0 Å². The van der Waals surface area contributed by atoms with Gasteiger partial charge in [-0.2, -0.15) is 0 Å². The van der Waals surface area contributed by atoms with Crippen molar-refractivity contribution < 1.29 is 17.9 Å². The molecule has 0 saturated heterocycles. The van der Waals surface area contributed by atoms with Crippen LogP contribution in [0.25, 0.3) is 10.9 Å². The molecule has 10 heteroatoms. The molecule has 31 heavy (non-hydrogen) atoms. The Kier molecular flexibility index (Phi) is 7.32. The van der Waals surface area contributed by atoms with Gasteiger partial charge in [0.25, 0.3) is 5.91 Å². The molecule has 2 aromatic carbocycles. The molecule has 1 aromatic heterocycles. The smallest absolute Gasteiger partial charge is 0.251 e. The number of methoxy groups -OCH3 is 1. The van der Waals surface area contributed by atoms with Gasteiger partial charge < -0.3 is 15.4 Å². The molecular formula is C21H23ClN4O4S. The van der Waals surface area contributed by atoms with Gasteiger partial charge in [-0.25, -0.2) is 13.1 Å². The van der Waals surface area contributed by atoms with Crippen LogP contribution in [0.1, 0.15) is 16.8 Å². The molecule has 1 heterocycles. The van der Waals surface area contributed by atoms with E-state index in [4.69, 9.17) is 16.3 Å². The maximum atomic E-state index is 12.4. The van der Waals surface area contributed by atoms with Gasteiger partial charge >= 0.3 is 0 Å². The average Bonchev–Trinajstić information content (AvgIpc) is 2.78. The van der Waals surface area contributed by atoms with Crippen LogP contribution in [0, 0.1) is 0 Å². The highest BCUT2D eigenvalue weighted by Crippen LogP contribution is 2.25. The fourth-order valence-electron chi connectivity index (χ4n) is 3.03. The molecular weight excluding hydrogens is 440 g/mol. The average molecular weight is 463 g/mol. The first kappa shape index (κ1) is 22.8. The maximum absolute atomic E-state index is 12.4. The van der Waals surface area contributed by atoms with Gasteiger partial charge in [-0.3, -0.25) is 9.78 Å². The van der Waals surface area contributed by atoms with Gasteiger partial charge in [0.05, 0.1) is 12.6 Å². The van der Waals surface area contributed by atoms with Gasteiger partial charge in [-0.15, -0.1) is 0 Å². The second kappa shape index (κ2) is 9.95. The van der Waals surface area contributed by atoms with E-state index in [1.807, 2.05) is 18.2 Å². The standard InChI is InChI=1S/C21H23ClN4O4S/c1-23-31(28,29)20-12-14(4-7-19(20)30-2)21(27)26-10-3-9-24-17-8-11-25-18-13-15(22)5-6-16(17)18/h4-8,11-13,23H,3,9-10H2,1-2H3,(H,24,25)(H,26,27). The number of carbonyl (C=O) groups excluding carboxylic acids is 1. The van der Waals surface area contributed by atoms with E-state index in [2.05, 4.69) is 20.3 Å². The van der Waals surface area contributed by atoms with Gasteiger partial charge in [0.2, 0.25) is 10.0 Å². The number of amides is 1. The molecule has 164 valence electrons. The van der Waals surface area contributed by atoms with Crippen molar-refractivity contribution >= 4 is 44.1 Å².